The molecule has 10 heteroatoms. The van der Waals surface area contributed by atoms with Crippen LogP contribution in [0, 0.1) is 0 Å². The first-order valence-corrected chi connectivity index (χ1v) is 8.42. The Kier molecular flexibility index (Phi) is 5.36. The van der Waals surface area contributed by atoms with Gasteiger partial charge in [-0.25, -0.2) is 9.36 Å². The second-order valence-corrected chi connectivity index (χ2v) is 6.66. The lowest BCUT2D eigenvalue weighted by molar-refractivity contribution is -0.0270. The largest absolute Gasteiger partial charge is 0.472 e. The summed E-state index contributed by atoms with van der Waals surface area (Å²) in [6.45, 7) is 3.18. The molecule has 1 aliphatic heterocycles. The van der Waals surface area contributed by atoms with Gasteiger partial charge >= 0.3 is 13.5 Å². The molecule has 3 N–H and O–H groups in total. The molecule has 1 unspecified atom stereocenters. The number of phosphoric acid groups is 1. The van der Waals surface area contributed by atoms with Crippen LogP contribution in [0.4, 0.5) is 5.82 Å². The quantitative estimate of drug-likeness (QED) is 0.740. The van der Waals surface area contributed by atoms with E-state index in [-0.39, 0.29) is 12.4 Å². The molecular weight excluding hydrogens is 313 g/mol. The standard InChI is InChI=1S/C12H20N3O6P/c1-8(2)21-22(17,18)19-7-9-3-4-11(20-9)15-6-5-10(13)14-12(15)16/h5-6,8-9,11H,3-4,7H2,1-2H3,(H,17,18)(H2,13,14,16)/t9-,11+/m0/s1. The van der Waals surface area contributed by atoms with Crippen LogP contribution in [0.2, 0.25) is 0 Å². The predicted octanol–water partition coefficient (Wildman–Crippen LogP) is 1.05. The molecule has 9 nitrogen and oxygen atoms in total. The highest BCUT2D eigenvalue weighted by Crippen LogP contribution is 2.45. The van der Waals surface area contributed by atoms with Gasteiger partial charge in [-0.1, -0.05) is 0 Å². The van der Waals surface area contributed by atoms with Gasteiger partial charge in [-0.15, -0.1) is 0 Å². The molecule has 2 heterocycles. The van der Waals surface area contributed by atoms with E-state index in [1.807, 2.05) is 0 Å². The normalized spacial score (nSPS) is 24.5. The third-order valence-corrected chi connectivity index (χ3v) is 4.18. The summed E-state index contributed by atoms with van der Waals surface area (Å²) in [5.41, 5.74) is 4.93. The number of nitrogens with two attached hydrogens (primary N) is 1. The molecule has 0 aliphatic carbocycles. The van der Waals surface area contributed by atoms with Crippen LogP contribution in [0.15, 0.2) is 17.1 Å². The third-order valence-electron chi connectivity index (χ3n) is 3.01. The van der Waals surface area contributed by atoms with E-state index in [9.17, 15) is 14.3 Å². The average molecular weight is 333 g/mol. The Hall–Kier alpha value is -1.25. The van der Waals surface area contributed by atoms with E-state index < -0.39 is 31.9 Å². The maximum atomic E-state index is 11.7. The minimum Gasteiger partial charge on any atom is -0.383 e. The Morgan fingerprint density at radius 1 is 1.59 bits per heavy atom. The molecule has 0 spiro atoms. The van der Waals surface area contributed by atoms with Crippen molar-refractivity contribution in [1.82, 2.24) is 9.55 Å². The monoisotopic (exact) mass is 333 g/mol. The van der Waals surface area contributed by atoms with Crippen LogP contribution in [-0.2, 0) is 18.3 Å². The van der Waals surface area contributed by atoms with Gasteiger partial charge in [0.1, 0.15) is 12.0 Å². The Morgan fingerprint density at radius 3 is 2.95 bits per heavy atom. The minimum atomic E-state index is -4.09. The number of hydrogen-bond donors (Lipinski definition) is 2. The van der Waals surface area contributed by atoms with Crippen molar-refractivity contribution >= 4 is 13.6 Å². The Labute approximate surface area is 127 Å². The number of nitrogen functional groups attached to an aromatic ring is 1. The number of hydrogen-bond acceptors (Lipinski definition) is 7. The average Bonchev–Trinajstić information content (AvgIpc) is 2.83. The summed E-state index contributed by atoms with van der Waals surface area (Å²) >= 11 is 0. The molecule has 22 heavy (non-hydrogen) atoms. The fraction of sp³-hybridized carbons (Fsp3) is 0.667. The first kappa shape index (κ1) is 17.1. The lowest BCUT2D eigenvalue weighted by Gasteiger charge is -2.18. The van der Waals surface area contributed by atoms with Gasteiger partial charge in [-0.2, -0.15) is 4.98 Å². The van der Waals surface area contributed by atoms with E-state index in [1.54, 1.807) is 13.8 Å². The molecule has 1 aliphatic rings. The Balaban J connectivity index is 1.90. The third kappa shape index (κ3) is 4.62. The second kappa shape index (κ2) is 6.89. The second-order valence-electron chi connectivity index (χ2n) is 5.25. The van der Waals surface area contributed by atoms with Crippen molar-refractivity contribution in [1.29, 1.82) is 0 Å². The van der Waals surface area contributed by atoms with Crippen molar-refractivity contribution in [2.24, 2.45) is 0 Å². The summed E-state index contributed by atoms with van der Waals surface area (Å²) in [5, 5.41) is 0. The topological polar surface area (TPSA) is 126 Å². The van der Waals surface area contributed by atoms with E-state index in [4.69, 9.17) is 19.5 Å². The molecule has 1 aromatic heterocycles. The molecule has 0 amide bonds. The summed E-state index contributed by atoms with van der Waals surface area (Å²) in [6.07, 6.45) is 1.36. The van der Waals surface area contributed by atoms with E-state index in [2.05, 4.69) is 4.98 Å². The van der Waals surface area contributed by atoms with E-state index in [0.29, 0.717) is 12.8 Å². The van der Waals surface area contributed by atoms with Crippen LogP contribution in [0.25, 0.3) is 0 Å². The number of rotatable bonds is 6. The maximum Gasteiger partial charge on any atom is 0.472 e. The first-order chi connectivity index (χ1) is 10.3. The summed E-state index contributed by atoms with van der Waals surface area (Å²) < 4.78 is 28.3. The smallest absolute Gasteiger partial charge is 0.383 e. The molecular formula is C12H20N3O6P. The van der Waals surface area contributed by atoms with Crippen LogP contribution in [-0.4, -0.2) is 33.3 Å². The van der Waals surface area contributed by atoms with Crippen LogP contribution in [0.1, 0.15) is 32.9 Å². The Morgan fingerprint density at radius 2 is 2.32 bits per heavy atom. The molecule has 1 aromatic rings. The fourth-order valence-electron chi connectivity index (χ4n) is 2.13. The molecule has 124 valence electrons. The van der Waals surface area contributed by atoms with Gasteiger partial charge in [0.25, 0.3) is 0 Å². The molecule has 2 rings (SSSR count). The summed E-state index contributed by atoms with van der Waals surface area (Å²) in [4.78, 5) is 24.8. The zero-order valence-corrected chi connectivity index (χ0v) is 13.3. The van der Waals surface area contributed by atoms with Crippen LogP contribution >= 0.6 is 7.82 Å². The van der Waals surface area contributed by atoms with Gasteiger partial charge in [0.2, 0.25) is 0 Å². The lowest BCUT2D eigenvalue weighted by Crippen LogP contribution is -2.27. The SMILES string of the molecule is CC(C)OP(=O)(O)OC[C@@H]1CC[C@H](n2ccc(N)nc2=O)O1. The van der Waals surface area contributed by atoms with Crippen molar-refractivity contribution < 1.29 is 23.2 Å². The first-order valence-electron chi connectivity index (χ1n) is 6.92. The lowest BCUT2D eigenvalue weighted by atomic mass is 10.2. The van der Waals surface area contributed by atoms with Gasteiger partial charge in [-0.3, -0.25) is 13.6 Å². The van der Waals surface area contributed by atoms with Crippen molar-refractivity contribution in [2.75, 3.05) is 12.3 Å². The number of ether oxygens (including phenoxy) is 1. The van der Waals surface area contributed by atoms with Gasteiger partial charge in [0.05, 0.1) is 18.8 Å². The predicted molar refractivity (Wildman–Crippen MR) is 78.1 cm³/mol. The van der Waals surface area contributed by atoms with Crippen molar-refractivity contribution in [2.45, 2.75) is 45.1 Å². The highest BCUT2D eigenvalue weighted by atomic mass is 31.2. The molecule has 3 atom stereocenters. The molecule has 0 aromatic carbocycles. The number of aromatic nitrogens is 2. The van der Waals surface area contributed by atoms with Gasteiger partial charge < -0.3 is 15.4 Å². The number of anilines is 1. The van der Waals surface area contributed by atoms with Gasteiger partial charge in [0, 0.05) is 6.20 Å². The molecule has 0 radical (unpaired) electrons. The highest BCUT2D eigenvalue weighted by Gasteiger charge is 2.31. The highest BCUT2D eigenvalue weighted by molar-refractivity contribution is 7.47. The van der Waals surface area contributed by atoms with E-state index >= 15 is 0 Å². The van der Waals surface area contributed by atoms with E-state index in [0.717, 1.165) is 0 Å². The molecule has 0 bridgehead atoms. The number of phosphoric ester groups is 1. The fourth-order valence-corrected chi connectivity index (χ4v) is 3.08. The summed E-state index contributed by atoms with van der Waals surface area (Å²) in [5.74, 6) is 0.145. The van der Waals surface area contributed by atoms with Crippen LogP contribution in [0.3, 0.4) is 0 Å². The van der Waals surface area contributed by atoms with Gasteiger partial charge in [-0.05, 0) is 32.8 Å². The van der Waals surface area contributed by atoms with Crippen molar-refractivity contribution in [3.05, 3.63) is 22.7 Å². The van der Waals surface area contributed by atoms with Crippen molar-refractivity contribution in [3.63, 3.8) is 0 Å². The summed E-state index contributed by atoms with van der Waals surface area (Å²) in [7, 11) is -4.09. The van der Waals surface area contributed by atoms with Crippen LogP contribution in [0.5, 0.6) is 0 Å². The number of nitrogens with zero attached hydrogens (tertiary/aromatic N) is 2. The van der Waals surface area contributed by atoms with Crippen molar-refractivity contribution in [3.8, 4) is 0 Å². The minimum absolute atomic E-state index is 0.0891. The zero-order valence-electron chi connectivity index (χ0n) is 12.4. The maximum absolute atomic E-state index is 11.7. The summed E-state index contributed by atoms with van der Waals surface area (Å²) in [6, 6.07) is 1.51. The molecule has 0 saturated carbocycles. The van der Waals surface area contributed by atoms with Gasteiger partial charge in [0.15, 0.2) is 0 Å². The van der Waals surface area contributed by atoms with E-state index in [1.165, 1.54) is 16.8 Å². The zero-order chi connectivity index (χ0) is 16.3. The molecule has 1 saturated heterocycles. The molecule has 1 fully saturated rings. The Bertz CT molecular complexity index is 619. The van der Waals surface area contributed by atoms with Crippen LogP contribution < -0.4 is 11.4 Å².